The predicted molar refractivity (Wildman–Crippen MR) is 107 cm³/mol. The van der Waals surface area contributed by atoms with Crippen LogP contribution in [-0.4, -0.2) is 29.7 Å². The van der Waals surface area contributed by atoms with E-state index in [-0.39, 0.29) is 15.8 Å². The highest BCUT2D eigenvalue weighted by Crippen LogP contribution is 2.29. The monoisotopic (exact) mass is 399 g/mol. The van der Waals surface area contributed by atoms with Crippen LogP contribution in [0.5, 0.6) is 11.5 Å². The molecule has 1 N–H and O–H groups in total. The fourth-order valence-electron chi connectivity index (χ4n) is 2.73. The van der Waals surface area contributed by atoms with Gasteiger partial charge in [0.15, 0.2) is 11.5 Å². The van der Waals surface area contributed by atoms with Crippen molar-refractivity contribution in [3.63, 3.8) is 0 Å². The Balaban J connectivity index is 1.95. The van der Waals surface area contributed by atoms with Gasteiger partial charge in [-0.25, -0.2) is 4.98 Å². The van der Waals surface area contributed by atoms with Gasteiger partial charge in [0.05, 0.1) is 29.9 Å². The number of carbonyl (C=O) groups is 1. The second-order valence-corrected chi connectivity index (χ2v) is 7.07. The van der Waals surface area contributed by atoms with Gasteiger partial charge in [-0.3, -0.25) is 4.79 Å². The molecule has 0 aliphatic rings. The first-order chi connectivity index (χ1) is 13.4. The van der Waals surface area contributed by atoms with E-state index in [1.165, 1.54) is 0 Å². The van der Waals surface area contributed by atoms with Crippen molar-refractivity contribution in [3.05, 3.63) is 50.4 Å². The zero-order valence-corrected chi connectivity index (χ0v) is 16.5. The molecule has 8 heteroatoms. The number of carboxylic acids is 1. The van der Waals surface area contributed by atoms with Crippen LogP contribution < -0.4 is 20.1 Å². The molecule has 2 heterocycles. The van der Waals surface area contributed by atoms with Crippen molar-refractivity contribution in [2.75, 3.05) is 13.7 Å². The van der Waals surface area contributed by atoms with Crippen LogP contribution in [0.4, 0.5) is 0 Å². The highest BCUT2D eigenvalue weighted by Gasteiger charge is 2.14. The summed E-state index contributed by atoms with van der Waals surface area (Å²) in [5.74, 6) is 0.295. The van der Waals surface area contributed by atoms with E-state index in [1.54, 1.807) is 32.3 Å². The number of aromatic nitrogens is 2. The zero-order chi connectivity index (χ0) is 20.3. The third kappa shape index (κ3) is 3.91. The Hall–Kier alpha value is -3.13. The number of ether oxygens (including phenoxy) is 2. The molecule has 146 valence electrons. The maximum absolute atomic E-state index is 12.4. The van der Waals surface area contributed by atoms with E-state index in [0.717, 1.165) is 23.3 Å². The van der Waals surface area contributed by atoms with Gasteiger partial charge in [0.2, 0.25) is 0 Å². The normalized spacial score (nSPS) is 11.2. The van der Waals surface area contributed by atoms with Crippen LogP contribution in [-0.2, 0) is 0 Å². The number of hydrogen-bond donors (Lipinski definition) is 1. The highest BCUT2D eigenvalue weighted by molar-refractivity contribution is 7.20. The number of carbonyl (C=O) groups excluding carboxylic acids is 1. The van der Waals surface area contributed by atoms with E-state index in [0.29, 0.717) is 34.3 Å². The lowest BCUT2D eigenvalue weighted by Gasteiger charge is -2.10. The Morgan fingerprint density at radius 3 is 2.79 bits per heavy atom. The molecule has 2 aromatic heterocycles. The average molecular weight is 399 g/mol. The van der Waals surface area contributed by atoms with E-state index < -0.39 is 5.97 Å². The van der Waals surface area contributed by atoms with Crippen LogP contribution in [0.15, 0.2) is 23.0 Å². The predicted octanol–water partition coefficient (Wildman–Crippen LogP) is 2.62. The number of aromatic amines is 1. The summed E-state index contributed by atoms with van der Waals surface area (Å²) in [7, 11) is 1.58. The number of thiophene rings is 1. The van der Waals surface area contributed by atoms with Crippen molar-refractivity contribution in [2.45, 2.75) is 20.3 Å². The third-order valence-electron chi connectivity index (χ3n) is 4.09. The molecule has 0 bridgehead atoms. The number of carboxylic acid groups (broad SMARTS) is 1. The van der Waals surface area contributed by atoms with Gasteiger partial charge >= 0.3 is 0 Å². The Bertz CT molecular complexity index is 1110. The molecule has 1 aromatic carbocycles. The second kappa shape index (κ2) is 8.26. The fourth-order valence-corrected chi connectivity index (χ4v) is 3.75. The first-order valence-corrected chi connectivity index (χ1v) is 9.50. The lowest BCUT2D eigenvalue weighted by atomic mass is 10.2. The number of aryl methyl sites for hydroxylation is 1. The number of methoxy groups -OCH3 is 1. The molecule has 0 aliphatic carbocycles. The molecule has 0 saturated heterocycles. The molecule has 3 aromatic rings. The molecule has 0 unspecified atom stereocenters. The number of hydrogen-bond acceptors (Lipinski definition) is 7. The van der Waals surface area contributed by atoms with Gasteiger partial charge in [0.1, 0.15) is 10.7 Å². The first-order valence-electron chi connectivity index (χ1n) is 8.68. The molecule has 0 fully saturated rings. The zero-order valence-electron chi connectivity index (χ0n) is 15.7. The summed E-state index contributed by atoms with van der Waals surface area (Å²) in [6.07, 6.45) is 4.31. The van der Waals surface area contributed by atoms with Crippen LogP contribution in [0.2, 0.25) is 0 Å². The van der Waals surface area contributed by atoms with Crippen LogP contribution in [0.25, 0.3) is 22.4 Å². The molecule has 0 spiro atoms. The second-order valence-electron chi connectivity index (χ2n) is 6.07. The van der Waals surface area contributed by atoms with Gasteiger partial charge in [0.25, 0.3) is 5.56 Å². The third-order valence-corrected chi connectivity index (χ3v) is 5.25. The van der Waals surface area contributed by atoms with E-state index in [4.69, 9.17) is 9.47 Å². The minimum absolute atomic E-state index is 0.0157. The SMILES string of the molecule is CCCOc1cc(/C=C/c2nc3sc(C(=O)[O-])c(C)c3c(=O)[nH]2)ccc1OC. The van der Waals surface area contributed by atoms with Crippen molar-refractivity contribution in [3.8, 4) is 11.5 Å². The van der Waals surface area contributed by atoms with Crippen molar-refractivity contribution in [1.29, 1.82) is 0 Å². The van der Waals surface area contributed by atoms with Crippen LogP contribution in [0.3, 0.4) is 0 Å². The Morgan fingerprint density at radius 1 is 1.32 bits per heavy atom. The minimum atomic E-state index is -1.31. The molecule has 0 saturated carbocycles. The smallest absolute Gasteiger partial charge is 0.260 e. The summed E-state index contributed by atoms with van der Waals surface area (Å²) in [5, 5.41) is 11.5. The van der Waals surface area contributed by atoms with Crippen molar-refractivity contribution in [1.82, 2.24) is 9.97 Å². The molecule has 0 atom stereocenters. The number of fused-ring (bicyclic) bond motifs is 1. The molecular formula is C20H19N2O5S-. The van der Waals surface area contributed by atoms with E-state index in [9.17, 15) is 14.7 Å². The Labute approximate surface area is 165 Å². The van der Waals surface area contributed by atoms with Gasteiger partial charge < -0.3 is 24.4 Å². The van der Waals surface area contributed by atoms with Gasteiger partial charge in [0, 0.05) is 0 Å². The van der Waals surface area contributed by atoms with Crippen LogP contribution >= 0.6 is 11.3 Å². The maximum atomic E-state index is 12.4. The van der Waals surface area contributed by atoms with Gasteiger partial charge in [-0.2, -0.15) is 0 Å². The molecule has 0 aliphatic heterocycles. The number of H-pyrrole nitrogens is 1. The van der Waals surface area contributed by atoms with Crippen LogP contribution in [0.1, 0.15) is 40.0 Å². The lowest BCUT2D eigenvalue weighted by Crippen LogP contribution is -2.21. The average Bonchev–Trinajstić information content (AvgIpc) is 3.02. The topological polar surface area (TPSA) is 104 Å². The quantitative estimate of drug-likeness (QED) is 0.655. The number of benzene rings is 1. The molecule has 3 rings (SSSR count). The highest BCUT2D eigenvalue weighted by atomic mass is 32.1. The molecular weight excluding hydrogens is 380 g/mol. The number of rotatable bonds is 7. The summed E-state index contributed by atoms with van der Waals surface area (Å²) < 4.78 is 11.0. The number of nitrogens with zero attached hydrogens (tertiary/aromatic N) is 1. The summed E-state index contributed by atoms with van der Waals surface area (Å²) in [4.78, 5) is 30.9. The van der Waals surface area contributed by atoms with Crippen LogP contribution in [0, 0.1) is 6.92 Å². The maximum Gasteiger partial charge on any atom is 0.260 e. The van der Waals surface area contributed by atoms with Crippen molar-refractivity contribution in [2.24, 2.45) is 0 Å². The lowest BCUT2D eigenvalue weighted by molar-refractivity contribution is -0.254. The fraction of sp³-hybridized carbons (Fsp3) is 0.250. The minimum Gasteiger partial charge on any atom is -0.544 e. The molecule has 7 nitrogen and oxygen atoms in total. The summed E-state index contributed by atoms with van der Waals surface area (Å²) in [6.45, 7) is 4.17. The van der Waals surface area contributed by atoms with E-state index >= 15 is 0 Å². The Kier molecular flexibility index (Phi) is 5.79. The van der Waals surface area contributed by atoms with Crippen molar-refractivity contribution >= 4 is 39.7 Å². The first kappa shape index (κ1) is 19.6. The van der Waals surface area contributed by atoms with Crippen molar-refractivity contribution < 1.29 is 19.4 Å². The Morgan fingerprint density at radius 2 is 2.11 bits per heavy atom. The van der Waals surface area contributed by atoms with Gasteiger partial charge in [-0.05, 0) is 42.7 Å². The van der Waals surface area contributed by atoms with E-state index in [2.05, 4.69) is 9.97 Å². The largest absolute Gasteiger partial charge is 0.544 e. The summed E-state index contributed by atoms with van der Waals surface area (Å²) in [5.41, 5.74) is 0.831. The van der Waals surface area contributed by atoms with E-state index in [1.807, 2.05) is 19.1 Å². The molecule has 0 amide bonds. The van der Waals surface area contributed by atoms with Gasteiger partial charge in [-0.1, -0.05) is 19.1 Å². The number of nitrogens with one attached hydrogen (secondary N) is 1. The van der Waals surface area contributed by atoms with Gasteiger partial charge in [-0.15, -0.1) is 11.3 Å². The summed E-state index contributed by atoms with van der Waals surface area (Å²) in [6, 6.07) is 5.50. The number of aromatic carboxylic acids is 1. The summed E-state index contributed by atoms with van der Waals surface area (Å²) >= 11 is 0.935. The molecule has 0 radical (unpaired) electrons. The molecule has 28 heavy (non-hydrogen) atoms. The standard InChI is InChI=1S/C20H20N2O5S/c1-4-9-27-14-10-12(5-7-13(14)26-3)6-8-15-21-18(23)16-11(2)17(20(24)25)28-19(16)22-15/h5-8,10H,4,9H2,1-3H3,(H,24,25)(H,21,22,23)/p-1/b8-6+.